The van der Waals surface area contributed by atoms with Crippen LogP contribution in [0.25, 0.3) is 10.9 Å². The minimum absolute atomic E-state index is 0.0254. The van der Waals surface area contributed by atoms with E-state index in [0.717, 1.165) is 36.0 Å². The Kier molecular flexibility index (Phi) is 3.46. The zero-order valence-electron chi connectivity index (χ0n) is 12.6. The summed E-state index contributed by atoms with van der Waals surface area (Å²) in [5.41, 5.74) is 2.46. The summed E-state index contributed by atoms with van der Waals surface area (Å²) in [5, 5.41) is 0.897. The Bertz CT molecular complexity index is 845. The van der Waals surface area contributed by atoms with Gasteiger partial charge in [-0.2, -0.15) is 0 Å². The monoisotopic (exact) mass is 304 g/mol. The van der Waals surface area contributed by atoms with Gasteiger partial charge in [-0.15, -0.1) is 0 Å². The van der Waals surface area contributed by atoms with E-state index in [9.17, 15) is 4.79 Å². The molecule has 1 aliphatic heterocycles. The number of carbonyl (C=O) groups excluding carboxylic acids is 1. The van der Waals surface area contributed by atoms with Gasteiger partial charge in [0.25, 0.3) is 5.91 Å². The number of pyridine rings is 1. The van der Waals surface area contributed by atoms with E-state index in [-0.39, 0.29) is 11.9 Å². The lowest BCUT2D eigenvalue weighted by Gasteiger charge is -2.24. The Morgan fingerprint density at radius 3 is 2.91 bits per heavy atom. The summed E-state index contributed by atoms with van der Waals surface area (Å²) in [6.45, 7) is 0.754. The highest BCUT2D eigenvalue weighted by molar-refractivity contribution is 6.06. The second-order valence-electron chi connectivity index (χ2n) is 5.67. The second kappa shape index (κ2) is 5.76. The van der Waals surface area contributed by atoms with Crippen molar-refractivity contribution in [2.75, 3.05) is 6.54 Å². The third-order valence-electron chi connectivity index (χ3n) is 4.34. The highest BCUT2D eigenvalue weighted by atomic mass is 16.2. The predicted molar refractivity (Wildman–Crippen MR) is 86.8 cm³/mol. The van der Waals surface area contributed by atoms with E-state index in [1.54, 1.807) is 12.4 Å². The third-order valence-corrected chi connectivity index (χ3v) is 4.34. The number of benzene rings is 1. The molecule has 1 fully saturated rings. The molecular weight excluding hydrogens is 288 g/mol. The molecule has 3 heterocycles. The molecule has 4 rings (SSSR count). The van der Waals surface area contributed by atoms with Crippen LogP contribution in [0.1, 0.15) is 34.9 Å². The molecule has 0 aliphatic carbocycles. The van der Waals surface area contributed by atoms with Gasteiger partial charge in [-0.1, -0.05) is 12.1 Å². The molecule has 5 heteroatoms. The quantitative estimate of drug-likeness (QED) is 0.730. The number of amides is 1. The van der Waals surface area contributed by atoms with Crippen molar-refractivity contribution in [1.82, 2.24) is 19.9 Å². The SMILES string of the molecule is O=C(c1cccc2ncccc12)N1CCC[C@H]1c1ccncn1. The molecule has 1 aromatic carbocycles. The Morgan fingerprint density at radius 2 is 2.04 bits per heavy atom. The first-order valence-corrected chi connectivity index (χ1v) is 7.75. The van der Waals surface area contributed by atoms with Crippen LogP contribution < -0.4 is 0 Å². The first-order chi connectivity index (χ1) is 11.3. The molecule has 1 saturated heterocycles. The van der Waals surface area contributed by atoms with Crippen LogP contribution in [0, 0.1) is 0 Å². The number of hydrogen-bond acceptors (Lipinski definition) is 4. The summed E-state index contributed by atoms with van der Waals surface area (Å²) < 4.78 is 0. The second-order valence-corrected chi connectivity index (χ2v) is 5.67. The van der Waals surface area contributed by atoms with E-state index in [1.807, 2.05) is 41.3 Å². The van der Waals surface area contributed by atoms with Gasteiger partial charge in [0.2, 0.25) is 0 Å². The van der Waals surface area contributed by atoms with Crippen LogP contribution in [-0.2, 0) is 0 Å². The van der Waals surface area contributed by atoms with E-state index in [4.69, 9.17) is 0 Å². The molecular formula is C18H16N4O. The standard InChI is InChI=1S/C18H16N4O/c23-18(14-4-1-6-15-13(14)5-2-9-20-15)22-11-3-7-17(22)16-8-10-19-12-21-16/h1-2,4-6,8-10,12,17H,3,7,11H2/t17-/m0/s1. The highest BCUT2D eigenvalue weighted by Gasteiger charge is 2.32. The molecule has 23 heavy (non-hydrogen) atoms. The lowest BCUT2D eigenvalue weighted by Crippen LogP contribution is -2.31. The van der Waals surface area contributed by atoms with Crippen LogP contribution in [0.5, 0.6) is 0 Å². The Balaban J connectivity index is 1.73. The molecule has 0 spiro atoms. The molecule has 3 aromatic rings. The first kappa shape index (κ1) is 13.8. The normalized spacial score (nSPS) is 17.6. The van der Waals surface area contributed by atoms with Crippen molar-refractivity contribution >= 4 is 16.8 Å². The molecule has 1 amide bonds. The van der Waals surface area contributed by atoms with Crippen LogP contribution >= 0.6 is 0 Å². The summed E-state index contributed by atoms with van der Waals surface area (Å²) >= 11 is 0. The number of likely N-dealkylation sites (tertiary alicyclic amines) is 1. The maximum absolute atomic E-state index is 13.1. The molecule has 2 aromatic heterocycles. The van der Waals surface area contributed by atoms with Gasteiger partial charge in [0.05, 0.1) is 17.3 Å². The van der Waals surface area contributed by atoms with Crippen LogP contribution in [0.3, 0.4) is 0 Å². The van der Waals surface area contributed by atoms with Crippen LogP contribution in [0.15, 0.2) is 55.1 Å². The number of fused-ring (bicyclic) bond motifs is 1. The van der Waals surface area contributed by atoms with Crippen molar-refractivity contribution in [3.8, 4) is 0 Å². The van der Waals surface area contributed by atoms with Gasteiger partial charge < -0.3 is 4.90 Å². The molecule has 0 bridgehead atoms. The number of rotatable bonds is 2. The van der Waals surface area contributed by atoms with E-state index in [1.165, 1.54) is 6.33 Å². The van der Waals surface area contributed by atoms with Crippen molar-refractivity contribution in [1.29, 1.82) is 0 Å². The van der Waals surface area contributed by atoms with E-state index < -0.39 is 0 Å². The lowest BCUT2D eigenvalue weighted by atomic mass is 10.1. The Hall–Kier alpha value is -2.82. The van der Waals surface area contributed by atoms with Gasteiger partial charge in [-0.25, -0.2) is 9.97 Å². The van der Waals surface area contributed by atoms with Crippen molar-refractivity contribution in [3.05, 3.63) is 66.4 Å². The molecule has 114 valence electrons. The number of nitrogens with zero attached hydrogens (tertiary/aromatic N) is 4. The summed E-state index contributed by atoms with van der Waals surface area (Å²) in [5.74, 6) is 0.0460. The fourth-order valence-electron chi connectivity index (χ4n) is 3.26. The molecule has 0 N–H and O–H groups in total. The van der Waals surface area contributed by atoms with Gasteiger partial charge in [0, 0.05) is 29.9 Å². The van der Waals surface area contributed by atoms with Gasteiger partial charge in [-0.3, -0.25) is 9.78 Å². The van der Waals surface area contributed by atoms with E-state index in [2.05, 4.69) is 15.0 Å². The number of hydrogen-bond donors (Lipinski definition) is 0. The van der Waals surface area contributed by atoms with Gasteiger partial charge in [0.1, 0.15) is 6.33 Å². The van der Waals surface area contributed by atoms with Crippen LogP contribution in [0.2, 0.25) is 0 Å². The van der Waals surface area contributed by atoms with Gasteiger partial charge in [-0.05, 0) is 37.1 Å². The Morgan fingerprint density at radius 1 is 1.09 bits per heavy atom. The van der Waals surface area contributed by atoms with E-state index in [0.29, 0.717) is 5.56 Å². The van der Waals surface area contributed by atoms with Crippen LogP contribution in [0.4, 0.5) is 0 Å². The minimum atomic E-state index is 0.0254. The fourth-order valence-corrected chi connectivity index (χ4v) is 3.26. The summed E-state index contributed by atoms with van der Waals surface area (Å²) in [6, 6.07) is 11.4. The predicted octanol–water partition coefficient (Wildman–Crippen LogP) is 3.00. The average Bonchev–Trinajstić information content (AvgIpc) is 3.11. The van der Waals surface area contributed by atoms with E-state index >= 15 is 0 Å². The average molecular weight is 304 g/mol. The molecule has 0 unspecified atom stereocenters. The molecule has 1 atom stereocenters. The fraction of sp³-hybridized carbons (Fsp3) is 0.222. The lowest BCUT2D eigenvalue weighted by molar-refractivity contribution is 0.0735. The summed E-state index contributed by atoms with van der Waals surface area (Å²) in [4.78, 5) is 27.7. The molecule has 1 aliphatic rings. The van der Waals surface area contributed by atoms with Gasteiger partial charge >= 0.3 is 0 Å². The zero-order chi connectivity index (χ0) is 15.6. The number of aromatic nitrogens is 3. The van der Waals surface area contributed by atoms with Crippen molar-refractivity contribution < 1.29 is 4.79 Å². The van der Waals surface area contributed by atoms with Crippen molar-refractivity contribution in [2.45, 2.75) is 18.9 Å². The van der Waals surface area contributed by atoms with Crippen molar-refractivity contribution in [2.24, 2.45) is 0 Å². The maximum Gasteiger partial charge on any atom is 0.255 e. The summed E-state index contributed by atoms with van der Waals surface area (Å²) in [7, 11) is 0. The zero-order valence-corrected chi connectivity index (χ0v) is 12.6. The topological polar surface area (TPSA) is 59.0 Å². The molecule has 0 radical (unpaired) electrons. The molecule has 5 nitrogen and oxygen atoms in total. The third kappa shape index (κ3) is 2.44. The van der Waals surface area contributed by atoms with Crippen molar-refractivity contribution in [3.63, 3.8) is 0 Å². The van der Waals surface area contributed by atoms with Gasteiger partial charge in [0.15, 0.2) is 0 Å². The highest BCUT2D eigenvalue weighted by Crippen LogP contribution is 2.32. The minimum Gasteiger partial charge on any atom is -0.330 e. The Labute approximate surface area is 134 Å². The largest absolute Gasteiger partial charge is 0.330 e. The van der Waals surface area contributed by atoms with Crippen LogP contribution in [-0.4, -0.2) is 32.3 Å². The summed E-state index contributed by atoms with van der Waals surface area (Å²) in [6.07, 6.45) is 6.94. The smallest absolute Gasteiger partial charge is 0.255 e. The first-order valence-electron chi connectivity index (χ1n) is 7.75. The molecule has 0 saturated carbocycles. The number of carbonyl (C=O) groups is 1. The maximum atomic E-state index is 13.1.